The van der Waals surface area contributed by atoms with Crippen molar-refractivity contribution in [3.05, 3.63) is 18.2 Å². The van der Waals surface area contributed by atoms with Gasteiger partial charge in [0.1, 0.15) is 0 Å². The molecular weight excluding hydrogens is 322 g/mol. The molecule has 7 heteroatoms. The summed E-state index contributed by atoms with van der Waals surface area (Å²) in [6.07, 6.45) is 2.58. The van der Waals surface area contributed by atoms with Gasteiger partial charge in [0, 0.05) is 38.4 Å². The number of rotatable bonds is 3. The molecule has 0 radical (unpaired) electrons. The maximum atomic E-state index is 12.6. The molecule has 2 fully saturated rings. The lowest BCUT2D eigenvalue weighted by Gasteiger charge is -2.37. The smallest absolute Gasteiger partial charge is 0.321 e. The van der Waals surface area contributed by atoms with Gasteiger partial charge in [0.15, 0.2) is 11.5 Å². The van der Waals surface area contributed by atoms with Crippen LogP contribution in [0.1, 0.15) is 19.3 Å². The third-order valence-electron chi connectivity index (χ3n) is 5.23. The summed E-state index contributed by atoms with van der Waals surface area (Å²) in [4.78, 5) is 28.7. The second-order valence-corrected chi connectivity index (χ2v) is 6.78. The van der Waals surface area contributed by atoms with Crippen LogP contribution in [0, 0.1) is 5.41 Å². The molecule has 3 rings (SSSR count). The maximum absolute atomic E-state index is 12.6. The molecule has 3 amide bonds. The summed E-state index contributed by atoms with van der Waals surface area (Å²) in [5.74, 6) is 1.33. The van der Waals surface area contributed by atoms with Gasteiger partial charge in [0.25, 0.3) is 0 Å². The number of hydrogen-bond donors (Lipinski definition) is 1. The van der Waals surface area contributed by atoms with Gasteiger partial charge < -0.3 is 24.6 Å². The number of hydrogen-bond acceptors (Lipinski definition) is 4. The van der Waals surface area contributed by atoms with Gasteiger partial charge >= 0.3 is 6.03 Å². The molecule has 136 valence electrons. The van der Waals surface area contributed by atoms with Crippen molar-refractivity contribution < 1.29 is 19.1 Å². The van der Waals surface area contributed by atoms with E-state index in [0.717, 1.165) is 25.8 Å². The Morgan fingerprint density at radius 2 is 1.92 bits per heavy atom. The van der Waals surface area contributed by atoms with E-state index in [4.69, 9.17) is 9.47 Å². The number of methoxy groups -OCH3 is 2. The molecule has 0 unspecified atom stereocenters. The van der Waals surface area contributed by atoms with Gasteiger partial charge in [-0.15, -0.1) is 0 Å². The summed E-state index contributed by atoms with van der Waals surface area (Å²) < 4.78 is 10.5. The molecule has 0 bridgehead atoms. The van der Waals surface area contributed by atoms with E-state index in [1.807, 2.05) is 7.05 Å². The van der Waals surface area contributed by atoms with E-state index in [0.29, 0.717) is 30.3 Å². The van der Waals surface area contributed by atoms with E-state index in [2.05, 4.69) is 5.32 Å². The van der Waals surface area contributed by atoms with Gasteiger partial charge in [-0.1, -0.05) is 0 Å². The average molecular weight is 347 g/mol. The predicted molar refractivity (Wildman–Crippen MR) is 94.1 cm³/mol. The average Bonchev–Trinajstić information content (AvgIpc) is 3.05. The largest absolute Gasteiger partial charge is 0.493 e. The Balaban J connectivity index is 1.68. The van der Waals surface area contributed by atoms with Crippen LogP contribution in [0.4, 0.5) is 10.5 Å². The zero-order chi connectivity index (χ0) is 18.0. The molecule has 1 N–H and O–H groups in total. The maximum Gasteiger partial charge on any atom is 0.321 e. The number of piperidine rings is 1. The first-order chi connectivity index (χ1) is 12.0. The predicted octanol–water partition coefficient (Wildman–Crippen LogP) is 2.18. The fourth-order valence-corrected chi connectivity index (χ4v) is 3.81. The summed E-state index contributed by atoms with van der Waals surface area (Å²) in [6.45, 7) is 1.88. The zero-order valence-electron chi connectivity index (χ0n) is 15.0. The van der Waals surface area contributed by atoms with Crippen molar-refractivity contribution in [2.75, 3.05) is 46.2 Å². The Morgan fingerprint density at radius 1 is 1.16 bits per heavy atom. The fraction of sp³-hybridized carbons (Fsp3) is 0.556. The van der Waals surface area contributed by atoms with Crippen LogP contribution in [-0.4, -0.2) is 62.6 Å². The summed E-state index contributed by atoms with van der Waals surface area (Å²) in [6, 6.07) is 5.05. The zero-order valence-corrected chi connectivity index (χ0v) is 15.0. The molecule has 2 aliphatic rings. The van der Waals surface area contributed by atoms with Crippen LogP contribution in [-0.2, 0) is 4.79 Å². The summed E-state index contributed by atoms with van der Waals surface area (Å²) in [5, 5.41) is 2.88. The van der Waals surface area contributed by atoms with E-state index in [1.165, 1.54) is 0 Å². The number of ether oxygens (including phenoxy) is 2. The number of amides is 3. The molecule has 0 aliphatic carbocycles. The van der Waals surface area contributed by atoms with Crippen LogP contribution < -0.4 is 14.8 Å². The molecule has 1 aromatic rings. The Morgan fingerprint density at radius 3 is 2.64 bits per heavy atom. The molecule has 2 aliphatic heterocycles. The number of benzene rings is 1. The summed E-state index contributed by atoms with van der Waals surface area (Å²) in [7, 11) is 4.96. The molecule has 0 saturated carbocycles. The normalized spacial score (nSPS) is 23.1. The first-order valence-electron chi connectivity index (χ1n) is 8.52. The van der Waals surface area contributed by atoms with Gasteiger partial charge in [0.2, 0.25) is 5.91 Å². The van der Waals surface area contributed by atoms with E-state index < -0.39 is 5.41 Å². The topological polar surface area (TPSA) is 71.1 Å². The summed E-state index contributed by atoms with van der Waals surface area (Å²) in [5.41, 5.74) is 0.234. The second kappa shape index (κ2) is 6.82. The molecule has 0 aromatic heterocycles. The second-order valence-electron chi connectivity index (χ2n) is 6.78. The Bertz CT molecular complexity index is 678. The van der Waals surface area contributed by atoms with Crippen molar-refractivity contribution in [3.8, 4) is 11.5 Å². The van der Waals surface area contributed by atoms with Crippen molar-refractivity contribution in [3.63, 3.8) is 0 Å². The van der Waals surface area contributed by atoms with Crippen molar-refractivity contribution in [1.29, 1.82) is 0 Å². The number of anilines is 1. The molecule has 2 heterocycles. The van der Waals surface area contributed by atoms with E-state index in [9.17, 15) is 9.59 Å². The minimum absolute atomic E-state index is 0.167. The third-order valence-corrected chi connectivity index (χ3v) is 5.23. The van der Waals surface area contributed by atoms with Crippen LogP contribution >= 0.6 is 0 Å². The van der Waals surface area contributed by atoms with Crippen LogP contribution in [0.25, 0.3) is 0 Å². The van der Waals surface area contributed by atoms with Crippen molar-refractivity contribution in [1.82, 2.24) is 9.80 Å². The highest BCUT2D eigenvalue weighted by molar-refractivity contribution is 5.91. The quantitative estimate of drug-likeness (QED) is 0.910. The van der Waals surface area contributed by atoms with Crippen LogP contribution in [0.2, 0.25) is 0 Å². The number of carbonyl (C=O) groups excluding carboxylic acids is 2. The number of nitrogens with zero attached hydrogens (tertiary/aromatic N) is 2. The first kappa shape index (κ1) is 17.4. The number of likely N-dealkylation sites (tertiary alicyclic amines) is 2. The summed E-state index contributed by atoms with van der Waals surface area (Å²) >= 11 is 0. The highest BCUT2D eigenvalue weighted by atomic mass is 16.5. The molecule has 7 nitrogen and oxygen atoms in total. The van der Waals surface area contributed by atoms with Crippen LogP contribution in [0.15, 0.2) is 18.2 Å². The molecule has 2 saturated heterocycles. The molecular formula is C18H25N3O4. The van der Waals surface area contributed by atoms with Gasteiger partial charge in [-0.2, -0.15) is 0 Å². The molecule has 1 aromatic carbocycles. The highest BCUT2D eigenvalue weighted by Gasteiger charge is 2.48. The van der Waals surface area contributed by atoms with E-state index >= 15 is 0 Å². The first-order valence-corrected chi connectivity index (χ1v) is 8.52. The number of nitrogens with one attached hydrogen (secondary N) is 1. The number of urea groups is 1. The minimum atomic E-state index is -0.401. The third kappa shape index (κ3) is 3.23. The van der Waals surface area contributed by atoms with Gasteiger partial charge in [-0.05, 0) is 31.4 Å². The van der Waals surface area contributed by atoms with Gasteiger partial charge in [-0.25, -0.2) is 4.79 Å². The lowest BCUT2D eigenvalue weighted by Crippen LogP contribution is -2.49. The van der Waals surface area contributed by atoms with Gasteiger partial charge in [-0.3, -0.25) is 4.79 Å². The fourth-order valence-electron chi connectivity index (χ4n) is 3.81. The Labute approximate surface area is 147 Å². The lowest BCUT2D eigenvalue weighted by atomic mass is 9.78. The Kier molecular flexibility index (Phi) is 4.74. The molecule has 1 spiro atoms. The molecule has 25 heavy (non-hydrogen) atoms. The number of carbonyl (C=O) groups is 2. The van der Waals surface area contributed by atoms with Crippen molar-refractivity contribution in [2.45, 2.75) is 19.3 Å². The van der Waals surface area contributed by atoms with Crippen LogP contribution in [0.5, 0.6) is 11.5 Å². The van der Waals surface area contributed by atoms with Crippen LogP contribution in [0.3, 0.4) is 0 Å². The van der Waals surface area contributed by atoms with Crippen molar-refractivity contribution in [2.24, 2.45) is 5.41 Å². The van der Waals surface area contributed by atoms with Gasteiger partial charge in [0.05, 0.1) is 19.6 Å². The van der Waals surface area contributed by atoms with E-state index in [-0.39, 0.29) is 11.9 Å². The minimum Gasteiger partial charge on any atom is -0.493 e. The SMILES string of the molecule is COc1ccc(NC(=O)N2CC[C@@]3(CCCN(C)C3=O)C2)cc1OC. The Hall–Kier alpha value is -2.44. The van der Waals surface area contributed by atoms with E-state index in [1.54, 1.807) is 42.2 Å². The highest BCUT2D eigenvalue weighted by Crippen LogP contribution is 2.40. The lowest BCUT2D eigenvalue weighted by molar-refractivity contribution is -0.143. The molecule has 1 atom stereocenters. The standard InChI is InChI=1S/C18H25N3O4/c1-20-9-4-7-18(16(20)22)8-10-21(12-18)17(23)19-13-5-6-14(24-2)15(11-13)25-3/h5-6,11H,4,7-10,12H2,1-3H3,(H,19,23)/t18-/m0/s1. The monoisotopic (exact) mass is 347 g/mol. The van der Waals surface area contributed by atoms with Crippen molar-refractivity contribution >= 4 is 17.6 Å².